The van der Waals surface area contributed by atoms with Gasteiger partial charge in [0.25, 0.3) is 5.56 Å². The number of rotatable bonds is 3. The molecule has 0 saturated heterocycles. The molecule has 5 rings (SSSR count). The van der Waals surface area contributed by atoms with E-state index in [0.717, 1.165) is 11.8 Å². The molecule has 0 bridgehead atoms. The van der Waals surface area contributed by atoms with Crippen molar-refractivity contribution in [3.8, 4) is 11.3 Å². The van der Waals surface area contributed by atoms with Gasteiger partial charge in [0, 0.05) is 24.2 Å². The lowest BCUT2D eigenvalue weighted by Crippen LogP contribution is -2.23. The molecule has 9 heteroatoms. The van der Waals surface area contributed by atoms with Crippen LogP contribution in [0.25, 0.3) is 16.9 Å². The Morgan fingerprint density at radius 1 is 1.11 bits per heavy atom. The summed E-state index contributed by atoms with van der Waals surface area (Å²) >= 11 is 0. The smallest absolute Gasteiger partial charge is 0.313 e. The van der Waals surface area contributed by atoms with Crippen LogP contribution in [-0.4, -0.2) is 24.6 Å². The largest absolute Gasteiger partial charge is 0.325 e. The minimum atomic E-state index is -0.614. The third-order valence-electron chi connectivity index (χ3n) is 5.01. The van der Waals surface area contributed by atoms with Crippen LogP contribution in [-0.2, 0) is 0 Å². The Morgan fingerprint density at radius 3 is 2.75 bits per heavy atom. The van der Waals surface area contributed by atoms with E-state index in [0.29, 0.717) is 23.3 Å². The quantitative estimate of drug-likeness (QED) is 0.569. The molecule has 0 unspecified atom stereocenters. The Balaban J connectivity index is 1.61. The van der Waals surface area contributed by atoms with E-state index < -0.39 is 22.9 Å². The van der Waals surface area contributed by atoms with Gasteiger partial charge in [-0.25, -0.2) is 23.1 Å². The van der Waals surface area contributed by atoms with E-state index in [-0.39, 0.29) is 17.4 Å². The van der Waals surface area contributed by atoms with Crippen LogP contribution in [0, 0.1) is 11.6 Å². The van der Waals surface area contributed by atoms with E-state index in [9.17, 15) is 18.4 Å². The van der Waals surface area contributed by atoms with Gasteiger partial charge in [-0.1, -0.05) is 6.07 Å². The zero-order valence-corrected chi connectivity index (χ0v) is 14.3. The summed E-state index contributed by atoms with van der Waals surface area (Å²) < 4.78 is 29.0. The number of hydrogen-bond acceptors (Lipinski definition) is 4. The first-order chi connectivity index (χ1) is 13.5. The van der Waals surface area contributed by atoms with Crippen molar-refractivity contribution in [2.75, 3.05) is 0 Å². The van der Waals surface area contributed by atoms with E-state index in [2.05, 4.69) is 20.1 Å². The Kier molecular flexibility index (Phi) is 3.51. The van der Waals surface area contributed by atoms with E-state index in [1.807, 2.05) is 0 Å². The molecule has 0 aliphatic heterocycles. The molecule has 140 valence electrons. The van der Waals surface area contributed by atoms with E-state index in [4.69, 9.17) is 0 Å². The summed E-state index contributed by atoms with van der Waals surface area (Å²) in [5, 5.41) is 4.27. The average molecular weight is 381 g/mol. The fourth-order valence-electron chi connectivity index (χ4n) is 3.61. The Morgan fingerprint density at radius 2 is 1.96 bits per heavy atom. The lowest BCUT2D eigenvalue weighted by molar-refractivity contribution is 0.571. The molecule has 0 amide bonds. The van der Waals surface area contributed by atoms with Gasteiger partial charge in [0.05, 0.1) is 23.1 Å². The van der Waals surface area contributed by atoms with Crippen molar-refractivity contribution in [2.24, 2.45) is 0 Å². The molecule has 28 heavy (non-hydrogen) atoms. The SMILES string of the molecule is O=c1[nH]cc(-c2cc([C@H]3C[C@@H]3c3ccc(F)cc3F)n3nccc3n2)c(=O)[nH]1. The number of aromatic amines is 2. The highest BCUT2D eigenvalue weighted by Gasteiger charge is 2.43. The van der Waals surface area contributed by atoms with Crippen LogP contribution >= 0.6 is 0 Å². The van der Waals surface area contributed by atoms with Crippen LogP contribution in [0.1, 0.15) is 29.5 Å². The average Bonchev–Trinajstić information content (AvgIpc) is 3.28. The molecule has 2 N–H and O–H groups in total. The monoisotopic (exact) mass is 381 g/mol. The van der Waals surface area contributed by atoms with Crippen LogP contribution in [0.15, 0.2) is 52.3 Å². The lowest BCUT2D eigenvalue weighted by atomic mass is 10.1. The molecule has 1 aliphatic carbocycles. The molecule has 1 aromatic carbocycles. The number of fused-ring (bicyclic) bond motifs is 1. The van der Waals surface area contributed by atoms with Gasteiger partial charge in [0.2, 0.25) is 0 Å². The Bertz CT molecular complexity index is 1340. The minimum absolute atomic E-state index is 0.0500. The summed E-state index contributed by atoms with van der Waals surface area (Å²) in [6.45, 7) is 0. The normalized spacial score (nSPS) is 18.5. The Labute approximate surface area is 155 Å². The van der Waals surface area contributed by atoms with Crippen molar-refractivity contribution in [3.05, 3.63) is 86.5 Å². The van der Waals surface area contributed by atoms with Gasteiger partial charge in [0.1, 0.15) is 11.6 Å². The number of hydrogen-bond donors (Lipinski definition) is 2. The summed E-state index contributed by atoms with van der Waals surface area (Å²) in [4.78, 5) is 32.5. The van der Waals surface area contributed by atoms with Crippen molar-refractivity contribution < 1.29 is 8.78 Å². The summed E-state index contributed by atoms with van der Waals surface area (Å²) in [5.74, 6) is -1.35. The molecule has 0 radical (unpaired) electrons. The first kappa shape index (κ1) is 16.5. The second-order valence-corrected chi connectivity index (χ2v) is 6.77. The molecule has 2 atom stereocenters. The molecule has 7 nitrogen and oxygen atoms in total. The maximum absolute atomic E-state index is 14.2. The summed E-state index contributed by atoms with van der Waals surface area (Å²) in [6, 6.07) is 7.00. The van der Waals surface area contributed by atoms with Crippen LogP contribution < -0.4 is 11.2 Å². The van der Waals surface area contributed by atoms with Crippen LogP contribution in [0.3, 0.4) is 0 Å². The topological polar surface area (TPSA) is 95.9 Å². The third kappa shape index (κ3) is 2.63. The molecular formula is C19H13F2N5O2. The molecule has 0 spiro atoms. The van der Waals surface area contributed by atoms with Crippen molar-refractivity contribution >= 4 is 5.65 Å². The molecule has 3 aromatic heterocycles. The molecule has 1 saturated carbocycles. The molecule has 4 aromatic rings. The number of nitrogens with one attached hydrogen (secondary N) is 2. The summed E-state index contributed by atoms with van der Waals surface area (Å²) in [6.07, 6.45) is 3.57. The molecule has 1 fully saturated rings. The van der Waals surface area contributed by atoms with Crippen LogP contribution in [0.5, 0.6) is 0 Å². The highest BCUT2D eigenvalue weighted by molar-refractivity contribution is 5.61. The molecule has 3 heterocycles. The van der Waals surface area contributed by atoms with Gasteiger partial charge in [-0.15, -0.1) is 0 Å². The van der Waals surface area contributed by atoms with Crippen molar-refractivity contribution in [2.45, 2.75) is 18.3 Å². The number of H-pyrrole nitrogens is 2. The van der Waals surface area contributed by atoms with Gasteiger partial charge >= 0.3 is 5.69 Å². The second-order valence-electron chi connectivity index (χ2n) is 6.77. The lowest BCUT2D eigenvalue weighted by Gasteiger charge is -2.08. The highest BCUT2D eigenvalue weighted by atomic mass is 19.1. The second kappa shape index (κ2) is 5.95. The van der Waals surface area contributed by atoms with E-state index in [1.54, 1.807) is 22.8 Å². The summed E-state index contributed by atoms with van der Waals surface area (Å²) in [5.41, 5.74) is 1.19. The van der Waals surface area contributed by atoms with Crippen LogP contribution in [0.2, 0.25) is 0 Å². The van der Waals surface area contributed by atoms with Crippen LogP contribution in [0.4, 0.5) is 8.78 Å². The first-order valence-electron chi connectivity index (χ1n) is 8.63. The van der Waals surface area contributed by atoms with Gasteiger partial charge in [-0.05, 0) is 30.0 Å². The Hall–Kier alpha value is -3.62. The zero-order chi connectivity index (χ0) is 19.4. The minimum Gasteiger partial charge on any atom is -0.313 e. The number of nitrogens with zero attached hydrogens (tertiary/aromatic N) is 3. The summed E-state index contributed by atoms with van der Waals surface area (Å²) in [7, 11) is 0. The predicted molar refractivity (Wildman–Crippen MR) is 96.1 cm³/mol. The van der Waals surface area contributed by atoms with Gasteiger partial charge in [-0.3, -0.25) is 9.78 Å². The van der Waals surface area contributed by atoms with E-state index in [1.165, 1.54) is 18.3 Å². The molecular weight excluding hydrogens is 368 g/mol. The van der Waals surface area contributed by atoms with Gasteiger partial charge < -0.3 is 4.98 Å². The third-order valence-corrected chi connectivity index (χ3v) is 5.01. The van der Waals surface area contributed by atoms with E-state index >= 15 is 0 Å². The van der Waals surface area contributed by atoms with Gasteiger partial charge in [0.15, 0.2) is 5.65 Å². The first-order valence-corrected chi connectivity index (χ1v) is 8.63. The fraction of sp³-hybridized carbons (Fsp3) is 0.158. The standard InChI is InChI=1S/C19H13F2N5O2/c20-9-1-2-10(14(21)5-9)11-6-12(11)16-7-15(24-17-3-4-23-26(16)17)13-8-22-19(28)25-18(13)27/h1-5,7-8,11-12H,6H2,(H2,22,25,27,28)/t11-,12+/m1/s1. The van der Waals surface area contributed by atoms with Crippen molar-refractivity contribution in [3.63, 3.8) is 0 Å². The number of benzene rings is 1. The maximum Gasteiger partial charge on any atom is 0.325 e. The maximum atomic E-state index is 14.2. The molecule has 1 aliphatic rings. The van der Waals surface area contributed by atoms with Crippen molar-refractivity contribution in [1.82, 2.24) is 24.6 Å². The highest BCUT2D eigenvalue weighted by Crippen LogP contribution is 2.55. The zero-order valence-electron chi connectivity index (χ0n) is 14.3. The van der Waals surface area contributed by atoms with Gasteiger partial charge in [-0.2, -0.15) is 5.10 Å². The van der Waals surface area contributed by atoms with Crippen molar-refractivity contribution in [1.29, 1.82) is 0 Å². The fourth-order valence-corrected chi connectivity index (χ4v) is 3.61. The number of halogens is 2. The predicted octanol–water partition coefficient (Wildman–Crippen LogP) is 2.32. The number of aromatic nitrogens is 5.